The Labute approximate surface area is 209 Å². The Kier molecular flexibility index (Phi) is 6.31. The van der Waals surface area contributed by atoms with Crippen LogP contribution < -0.4 is 9.47 Å². The Hall–Kier alpha value is -4.36. The molecule has 0 amide bonds. The normalized spacial score (nSPS) is 11.4. The van der Waals surface area contributed by atoms with Crippen molar-refractivity contribution in [1.29, 1.82) is 0 Å². The van der Waals surface area contributed by atoms with Crippen LogP contribution >= 0.6 is 0 Å². The number of carbonyl (C=O) groups excluding carboxylic acids is 1. The predicted octanol–water partition coefficient (Wildman–Crippen LogP) is 5.70. The molecule has 0 atom stereocenters. The Morgan fingerprint density at radius 1 is 0.778 bits per heavy atom. The molecule has 4 aromatic carbocycles. The van der Waals surface area contributed by atoms with Gasteiger partial charge in [-0.3, -0.25) is 4.79 Å². The standard InChI is InChI=1S/C29H23NO5S/c1-34-24-12-8-11-22(17-24)29(31)28-19-23-18-25(35-20-21-9-4-2-5-10-21)15-16-27(23)30(28)36(32,33)26-13-6-3-7-14-26/h2-19H,20H2,1H3. The number of hydrogen-bond acceptors (Lipinski definition) is 5. The third kappa shape index (κ3) is 4.48. The quantitative estimate of drug-likeness (QED) is 0.257. The van der Waals surface area contributed by atoms with Gasteiger partial charge in [-0.05, 0) is 54.1 Å². The highest BCUT2D eigenvalue weighted by Crippen LogP contribution is 2.31. The summed E-state index contributed by atoms with van der Waals surface area (Å²) in [7, 11) is -2.55. The second kappa shape index (κ2) is 9.71. The van der Waals surface area contributed by atoms with Crippen molar-refractivity contribution >= 4 is 26.7 Å². The number of methoxy groups -OCH3 is 1. The average Bonchev–Trinajstić information content (AvgIpc) is 3.32. The summed E-state index contributed by atoms with van der Waals surface area (Å²) < 4.78 is 39.8. The molecule has 0 fully saturated rings. The van der Waals surface area contributed by atoms with Gasteiger partial charge in [0.15, 0.2) is 0 Å². The van der Waals surface area contributed by atoms with Crippen LogP contribution in [-0.2, 0) is 16.6 Å². The van der Waals surface area contributed by atoms with E-state index in [4.69, 9.17) is 9.47 Å². The summed E-state index contributed by atoms with van der Waals surface area (Å²) in [6.07, 6.45) is 0. The summed E-state index contributed by atoms with van der Waals surface area (Å²) in [6.45, 7) is 0.366. The smallest absolute Gasteiger partial charge is 0.268 e. The van der Waals surface area contributed by atoms with Gasteiger partial charge in [0, 0.05) is 10.9 Å². The number of aromatic nitrogens is 1. The van der Waals surface area contributed by atoms with Crippen molar-refractivity contribution in [2.45, 2.75) is 11.5 Å². The van der Waals surface area contributed by atoms with E-state index < -0.39 is 15.8 Å². The van der Waals surface area contributed by atoms with Gasteiger partial charge in [-0.25, -0.2) is 12.4 Å². The first-order chi connectivity index (χ1) is 17.5. The number of nitrogens with zero attached hydrogens (tertiary/aromatic N) is 1. The second-order valence-corrected chi connectivity index (χ2v) is 9.95. The van der Waals surface area contributed by atoms with E-state index in [0.29, 0.717) is 34.6 Å². The third-order valence-corrected chi connectivity index (χ3v) is 7.57. The molecule has 0 radical (unpaired) electrons. The SMILES string of the molecule is COc1cccc(C(=O)c2cc3cc(OCc4ccccc4)ccc3n2S(=O)(=O)c2ccccc2)c1. The summed E-state index contributed by atoms with van der Waals surface area (Å²) in [5.41, 5.74) is 1.75. The lowest BCUT2D eigenvalue weighted by Gasteiger charge is -2.12. The summed E-state index contributed by atoms with van der Waals surface area (Å²) in [5.74, 6) is 0.642. The molecule has 0 unspecified atom stereocenters. The average molecular weight is 498 g/mol. The zero-order valence-electron chi connectivity index (χ0n) is 19.5. The zero-order valence-corrected chi connectivity index (χ0v) is 20.3. The van der Waals surface area contributed by atoms with Crippen molar-refractivity contribution in [3.05, 3.63) is 126 Å². The number of rotatable bonds is 8. The molecule has 5 aromatic rings. The lowest BCUT2D eigenvalue weighted by molar-refractivity contribution is 0.103. The number of hydrogen-bond donors (Lipinski definition) is 0. The maximum absolute atomic E-state index is 13.7. The molecule has 5 rings (SSSR count). The molecule has 0 saturated carbocycles. The molecule has 0 aliphatic carbocycles. The number of ether oxygens (including phenoxy) is 2. The molecule has 36 heavy (non-hydrogen) atoms. The maximum Gasteiger partial charge on any atom is 0.268 e. The molecule has 6 nitrogen and oxygen atoms in total. The van der Waals surface area contributed by atoms with E-state index in [0.717, 1.165) is 9.54 Å². The first-order valence-electron chi connectivity index (χ1n) is 11.3. The van der Waals surface area contributed by atoms with Gasteiger partial charge in [0.25, 0.3) is 10.0 Å². The maximum atomic E-state index is 13.7. The van der Waals surface area contributed by atoms with Crippen LogP contribution in [0.1, 0.15) is 21.6 Å². The van der Waals surface area contributed by atoms with E-state index >= 15 is 0 Å². The Bertz CT molecular complexity index is 1640. The first kappa shape index (κ1) is 23.4. The van der Waals surface area contributed by atoms with Gasteiger partial charge in [-0.15, -0.1) is 0 Å². The van der Waals surface area contributed by atoms with E-state index in [1.54, 1.807) is 66.7 Å². The highest BCUT2D eigenvalue weighted by atomic mass is 32.2. The topological polar surface area (TPSA) is 74.6 Å². The van der Waals surface area contributed by atoms with Gasteiger partial charge >= 0.3 is 0 Å². The molecule has 0 saturated heterocycles. The van der Waals surface area contributed by atoms with Crippen LogP contribution in [0.25, 0.3) is 10.9 Å². The predicted molar refractivity (Wildman–Crippen MR) is 138 cm³/mol. The van der Waals surface area contributed by atoms with Crippen LogP contribution in [0.4, 0.5) is 0 Å². The van der Waals surface area contributed by atoms with Crippen LogP contribution in [0.3, 0.4) is 0 Å². The molecule has 0 spiro atoms. The summed E-state index contributed by atoms with van der Waals surface area (Å²) >= 11 is 0. The number of benzene rings is 4. The molecule has 0 aliphatic heterocycles. The van der Waals surface area contributed by atoms with E-state index in [2.05, 4.69) is 0 Å². The minimum atomic E-state index is -4.07. The lowest BCUT2D eigenvalue weighted by Crippen LogP contribution is -2.19. The Morgan fingerprint density at radius 2 is 1.50 bits per heavy atom. The van der Waals surface area contributed by atoms with Crippen LogP contribution in [-0.4, -0.2) is 25.3 Å². The number of carbonyl (C=O) groups is 1. The molecule has 1 heterocycles. The fourth-order valence-electron chi connectivity index (χ4n) is 4.03. The van der Waals surface area contributed by atoms with Gasteiger partial charge in [-0.1, -0.05) is 60.7 Å². The lowest BCUT2D eigenvalue weighted by atomic mass is 10.1. The van der Waals surface area contributed by atoms with E-state index in [1.807, 2.05) is 30.3 Å². The highest BCUT2D eigenvalue weighted by molar-refractivity contribution is 7.90. The van der Waals surface area contributed by atoms with Gasteiger partial charge in [0.1, 0.15) is 23.8 Å². The van der Waals surface area contributed by atoms with Gasteiger partial charge < -0.3 is 9.47 Å². The van der Waals surface area contributed by atoms with Gasteiger partial charge in [-0.2, -0.15) is 0 Å². The number of ketones is 1. The molecule has 0 bridgehead atoms. The fourth-order valence-corrected chi connectivity index (χ4v) is 5.56. The van der Waals surface area contributed by atoms with Crippen molar-refractivity contribution in [3.8, 4) is 11.5 Å². The van der Waals surface area contributed by atoms with Crippen LogP contribution in [0.2, 0.25) is 0 Å². The Balaban J connectivity index is 1.63. The number of fused-ring (bicyclic) bond motifs is 1. The molecule has 0 aliphatic rings. The largest absolute Gasteiger partial charge is 0.497 e. The van der Waals surface area contributed by atoms with Crippen molar-refractivity contribution in [2.75, 3.05) is 7.11 Å². The summed E-state index contributed by atoms with van der Waals surface area (Å²) in [4.78, 5) is 13.7. The summed E-state index contributed by atoms with van der Waals surface area (Å²) in [6, 6.07) is 31.2. The van der Waals surface area contributed by atoms with Crippen LogP contribution in [0.15, 0.2) is 114 Å². The summed E-state index contributed by atoms with van der Waals surface area (Å²) in [5, 5.41) is 0.575. The highest BCUT2D eigenvalue weighted by Gasteiger charge is 2.27. The van der Waals surface area contributed by atoms with Crippen molar-refractivity contribution in [3.63, 3.8) is 0 Å². The van der Waals surface area contributed by atoms with Crippen LogP contribution in [0.5, 0.6) is 11.5 Å². The van der Waals surface area contributed by atoms with Crippen molar-refractivity contribution in [1.82, 2.24) is 3.97 Å². The minimum absolute atomic E-state index is 0.0299. The third-order valence-electron chi connectivity index (χ3n) is 5.82. The molecule has 0 N–H and O–H groups in total. The first-order valence-corrected chi connectivity index (χ1v) is 12.7. The van der Waals surface area contributed by atoms with E-state index in [1.165, 1.54) is 19.2 Å². The zero-order chi connectivity index (χ0) is 25.1. The molecule has 7 heteroatoms. The minimum Gasteiger partial charge on any atom is -0.497 e. The second-order valence-electron chi connectivity index (χ2n) is 8.17. The van der Waals surface area contributed by atoms with E-state index in [9.17, 15) is 13.2 Å². The van der Waals surface area contributed by atoms with E-state index in [-0.39, 0.29) is 10.6 Å². The molecular weight excluding hydrogens is 474 g/mol. The van der Waals surface area contributed by atoms with Crippen molar-refractivity contribution in [2.24, 2.45) is 0 Å². The van der Waals surface area contributed by atoms with Gasteiger partial charge in [0.2, 0.25) is 5.78 Å². The fraction of sp³-hybridized carbons (Fsp3) is 0.0690. The monoisotopic (exact) mass is 497 g/mol. The molecule has 1 aromatic heterocycles. The molecular formula is C29H23NO5S. The van der Waals surface area contributed by atoms with Crippen LogP contribution in [0, 0.1) is 0 Å². The van der Waals surface area contributed by atoms with Crippen molar-refractivity contribution < 1.29 is 22.7 Å². The Morgan fingerprint density at radius 3 is 2.22 bits per heavy atom. The molecule has 180 valence electrons. The van der Waals surface area contributed by atoms with Gasteiger partial charge in [0.05, 0.1) is 17.5 Å².